The second-order valence-corrected chi connectivity index (χ2v) is 5.27. The van der Waals surface area contributed by atoms with Gasteiger partial charge in [-0.1, -0.05) is 19.9 Å². The SMILES string of the molecule is CCC(C)Sc1ncc(CCN)cc1C. The Hall–Kier alpha value is -0.540. The Morgan fingerprint density at radius 2 is 2.27 bits per heavy atom. The number of rotatable bonds is 5. The van der Waals surface area contributed by atoms with E-state index in [4.69, 9.17) is 5.73 Å². The summed E-state index contributed by atoms with van der Waals surface area (Å²) in [5, 5.41) is 1.79. The van der Waals surface area contributed by atoms with Crippen LogP contribution in [0.2, 0.25) is 0 Å². The predicted octanol–water partition coefficient (Wildman–Crippen LogP) is 2.78. The van der Waals surface area contributed by atoms with Crippen LogP contribution in [-0.4, -0.2) is 16.8 Å². The van der Waals surface area contributed by atoms with Crippen molar-refractivity contribution in [2.75, 3.05) is 6.54 Å². The molecular weight excluding hydrogens is 204 g/mol. The molecule has 1 aromatic rings. The van der Waals surface area contributed by atoms with Gasteiger partial charge in [0.15, 0.2) is 0 Å². The van der Waals surface area contributed by atoms with Gasteiger partial charge < -0.3 is 5.73 Å². The molecular formula is C12H20N2S. The third-order valence-corrected chi connectivity index (χ3v) is 3.79. The van der Waals surface area contributed by atoms with Crippen LogP contribution in [0.5, 0.6) is 0 Å². The van der Waals surface area contributed by atoms with Crippen LogP contribution in [0.15, 0.2) is 17.3 Å². The summed E-state index contributed by atoms with van der Waals surface area (Å²) in [6, 6.07) is 2.20. The summed E-state index contributed by atoms with van der Waals surface area (Å²) in [7, 11) is 0. The van der Waals surface area contributed by atoms with E-state index in [2.05, 4.69) is 31.8 Å². The molecule has 0 saturated carbocycles. The van der Waals surface area contributed by atoms with Gasteiger partial charge in [-0.15, -0.1) is 11.8 Å². The van der Waals surface area contributed by atoms with E-state index in [1.54, 1.807) is 0 Å². The van der Waals surface area contributed by atoms with Crippen LogP contribution in [0.1, 0.15) is 31.4 Å². The van der Waals surface area contributed by atoms with Crippen molar-refractivity contribution in [2.45, 2.75) is 43.9 Å². The second kappa shape index (κ2) is 6.13. The minimum absolute atomic E-state index is 0.636. The number of thioether (sulfide) groups is 1. The first-order valence-corrected chi connectivity index (χ1v) is 6.37. The average Bonchev–Trinajstić information content (AvgIpc) is 2.22. The standard InChI is InChI=1S/C12H20N2S/c1-4-10(3)15-12-9(2)7-11(5-6-13)8-14-12/h7-8,10H,4-6,13H2,1-3H3. The van der Waals surface area contributed by atoms with E-state index in [0.29, 0.717) is 11.8 Å². The van der Waals surface area contributed by atoms with Gasteiger partial charge in [0.2, 0.25) is 0 Å². The first kappa shape index (κ1) is 12.5. The van der Waals surface area contributed by atoms with Gasteiger partial charge in [0.05, 0.1) is 5.03 Å². The van der Waals surface area contributed by atoms with E-state index < -0.39 is 0 Å². The fraction of sp³-hybridized carbons (Fsp3) is 0.583. The van der Waals surface area contributed by atoms with Crippen LogP contribution in [-0.2, 0) is 6.42 Å². The van der Waals surface area contributed by atoms with Crippen LogP contribution in [0.25, 0.3) is 0 Å². The molecule has 3 heteroatoms. The molecule has 0 aliphatic heterocycles. The Labute approximate surface area is 96.7 Å². The quantitative estimate of drug-likeness (QED) is 0.782. The third kappa shape index (κ3) is 3.84. The topological polar surface area (TPSA) is 38.9 Å². The highest BCUT2D eigenvalue weighted by Crippen LogP contribution is 2.26. The van der Waals surface area contributed by atoms with Gasteiger partial charge in [-0.2, -0.15) is 0 Å². The van der Waals surface area contributed by atoms with Crippen LogP contribution in [0.4, 0.5) is 0 Å². The summed E-state index contributed by atoms with van der Waals surface area (Å²) >= 11 is 1.85. The fourth-order valence-electron chi connectivity index (χ4n) is 1.32. The number of nitrogens with two attached hydrogens (primary N) is 1. The fourth-order valence-corrected chi connectivity index (χ4v) is 2.23. The Kier molecular flexibility index (Phi) is 5.12. The molecule has 0 spiro atoms. The van der Waals surface area contributed by atoms with Crippen molar-refractivity contribution >= 4 is 11.8 Å². The molecule has 1 atom stereocenters. The molecule has 0 fully saturated rings. The van der Waals surface area contributed by atoms with E-state index in [1.807, 2.05) is 18.0 Å². The van der Waals surface area contributed by atoms with Crippen molar-refractivity contribution in [2.24, 2.45) is 5.73 Å². The molecule has 0 radical (unpaired) electrons. The number of hydrogen-bond acceptors (Lipinski definition) is 3. The number of pyridine rings is 1. The van der Waals surface area contributed by atoms with Crippen LogP contribution in [0.3, 0.4) is 0 Å². The van der Waals surface area contributed by atoms with Gasteiger partial charge in [0.1, 0.15) is 0 Å². The van der Waals surface area contributed by atoms with Crippen molar-refractivity contribution in [1.82, 2.24) is 4.98 Å². The van der Waals surface area contributed by atoms with E-state index in [9.17, 15) is 0 Å². The van der Waals surface area contributed by atoms with Gasteiger partial charge in [0, 0.05) is 11.4 Å². The number of aromatic nitrogens is 1. The van der Waals surface area contributed by atoms with Crippen LogP contribution < -0.4 is 5.73 Å². The van der Waals surface area contributed by atoms with Crippen molar-refractivity contribution in [3.05, 3.63) is 23.4 Å². The first-order valence-electron chi connectivity index (χ1n) is 5.49. The molecule has 0 aliphatic rings. The summed E-state index contributed by atoms with van der Waals surface area (Å²) in [6.45, 7) is 7.26. The third-order valence-electron chi connectivity index (χ3n) is 2.41. The van der Waals surface area contributed by atoms with Crippen molar-refractivity contribution in [3.63, 3.8) is 0 Å². The van der Waals surface area contributed by atoms with Gasteiger partial charge >= 0.3 is 0 Å². The lowest BCUT2D eigenvalue weighted by atomic mass is 10.2. The molecule has 0 amide bonds. The zero-order valence-electron chi connectivity index (χ0n) is 9.79. The Bertz CT molecular complexity index is 312. The highest BCUT2D eigenvalue weighted by molar-refractivity contribution is 7.99. The molecule has 0 saturated heterocycles. The van der Waals surface area contributed by atoms with Crippen LogP contribution >= 0.6 is 11.8 Å². The summed E-state index contributed by atoms with van der Waals surface area (Å²) in [4.78, 5) is 4.49. The minimum atomic E-state index is 0.636. The van der Waals surface area contributed by atoms with E-state index in [0.717, 1.165) is 11.4 Å². The zero-order valence-corrected chi connectivity index (χ0v) is 10.6. The molecule has 0 aromatic carbocycles. The molecule has 15 heavy (non-hydrogen) atoms. The Morgan fingerprint density at radius 1 is 1.53 bits per heavy atom. The highest BCUT2D eigenvalue weighted by Gasteiger charge is 2.06. The lowest BCUT2D eigenvalue weighted by Crippen LogP contribution is -2.04. The second-order valence-electron chi connectivity index (χ2n) is 3.84. The van der Waals surface area contributed by atoms with Gasteiger partial charge in [-0.05, 0) is 37.4 Å². The van der Waals surface area contributed by atoms with Crippen molar-refractivity contribution < 1.29 is 0 Å². The number of nitrogens with zero attached hydrogens (tertiary/aromatic N) is 1. The summed E-state index contributed by atoms with van der Waals surface area (Å²) in [6.07, 6.45) is 4.04. The summed E-state index contributed by atoms with van der Waals surface area (Å²) in [5.41, 5.74) is 8.03. The van der Waals surface area contributed by atoms with E-state index >= 15 is 0 Å². The Balaban J connectivity index is 2.74. The highest BCUT2D eigenvalue weighted by atomic mass is 32.2. The lowest BCUT2D eigenvalue weighted by molar-refractivity contribution is 0.893. The summed E-state index contributed by atoms with van der Waals surface area (Å²) < 4.78 is 0. The molecule has 1 heterocycles. The molecule has 1 aromatic heterocycles. The normalized spacial score (nSPS) is 12.8. The molecule has 2 nitrogen and oxygen atoms in total. The maximum atomic E-state index is 5.52. The molecule has 1 rings (SSSR count). The predicted molar refractivity (Wildman–Crippen MR) is 67.3 cm³/mol. The molecule has 2 N–H and O–H groups in total. The monoisotopic (exact) mass is 224 g/mol. The Morgan fingerprint density at radius 3 is 2.80 bits per heavy atom. The van der Waals surface area contributed by atoms with Gasteiger partial charge in [-0.3, -0.25) is 0 Å². The van der Waals surface area contributed by atoms with Gasteiger partial charge in [-0.25, -0.2) is 4.98 Å². The van der Waals surface area contributed by atoms with Crippen molar-refractivity contribution in [1.29, 1.82) is 0 Å². The number of hydrogen-bond donors (Lipinski definition) is 1. The smallest absolute Gasteiger partial charge is 0.0991 e. The number of aryl methyl sites for hydroxylation is 1. The minimum Gasteiger partial charge on any atom is -0.330 e. The largest absolute Gasteiger partial charge is 0.330 e. The molecule has 0 aliphatic carbocycles. The maximum Gasteiger partial charge on any atom is 0.0991 e. The zero-order chi connectivity index (χ0) is 11.3. The molecule has 1 unspecified atom stereocenters. The van der Waals surface area contributed by atoms with Gasteiger partial charge in [0.25, 0.3) is 0 Å². The van der Waals surface area contributed by atoms with Crippen LogP contribution in [0, 0.1) is 6.92 Å². The van der Waals surface area contributed by atoms with E-state index in [1.165, 1.54) is 17.5 Å². The van der Waals surface area contributed by atoms with E-state index in [-0.39, 0.29) is 0 Å². The lowest BCUT2D eigenvalue weighted by Gasteiger charge is -2.10. The average molecular weight is 224 g/mol. The first-order chi connectivity index (χ1) is 7.17. The molecule has 0 bridgehead atoms. The summed E-state index contributed by atoms with van der Waals surface area (Å²) in [5.74, 6) is 0. The molecule has 84 valence electrons. The maximum absolute atomic E-state index is 5.52. The van der Waals surface area contributed by atoms with Crippen molar-refractivity contribution in [3.8, 4) is 0 Å².